The minimum absolute atomic E-state index is 0.115. The molecule has 0 aliphatic carbocycles. The predicted octanol–water partition coefficient (Wildman–Crippen LogP) is 4.43. The van der Waals surface area contributed by atoms with E-state index in [1.54, 1.807) is 12.1 Å². The van der Waals surface area contributed by atoms with E-state index in [0.29, 0.717) is 0 Å². The quantitative estimate of drug-likeness (QED) is 0.531. The zero-order chi connectivity index (χ0) is 23.0. The van der Waals surface area contributed by atoms with Gasteiger partial charge >= 0.3 is 12.1 Å². The molecule has 1 heterocycles. The molecule has 0 fully saturated rings. The molecular weight excluding hydrogens is 418 g/mol. The monoisotopic (exact) mass is 441 g/mol. The fraction of sp³-hybridized carbons (Fsp3) is 0.409. The molecule has 2 aromatic carbocycles. The van der Waals surface area contributed by atoms with Crippen LogP contribution in [0.3, 0.4) is 0 Å². The van der Waals surface area contributed by atoms with E-state index in [1.807, 2.05) is 0 Å². The first-order chi connectivity index (χ1) is 14.4. The summed E-state index contributed by atoms with van der Waals surface area (Å²) in [4.78, 5) is 13.1. The van der Waals surface area contributed by atoms with Crippen LogP contribution in [0.25, 0.3) is 0 Å². The normalized spacial score (nSPS) is 16.4. The van der Waals surface area contributed by atoms with Crippen molar-refractivity contribution in [1.29, 1.82) is 0 Å². The summed E-state index contributed by atoms with van der Waals surface area (Å²) >= 11 is 0. The van der Waals surface area contributed by atoms with Crippen LogP contribution < -0.4 is 9.64 Å². The van der Waals surface area contributed by atoms with E-state index in [1.165, 1.54) is 44.1 Å². The number of nitrogens with zero attached hydrogens (tertiary/aromatic N) is 1. The zero-order valence-corrected chi connectivity index (χ0v) is 17.3. The van der Waals surface area contributed by atoms with Crippen LogP contribution in [-0.4, -0.2) is 43.2 Å². The van der Waals surface area contributed by atoms with E-state index < -0.39 is 48.7 Å². The van der Waals surface area contributed by atoms with Gasteiger partial charge in [-0.2, -0.15) is 13.2 Å². The number of esters is 1. The highest BCUT2D eigenvalue weighted by molar-refractivity contribution is 5.97. The van der Waals surface area contributed by atoms with Gasteiger partial charge in [-0.3, -0.25) is 0 Å². The van der Waals surface area contributed by atoms with Gasteiger partial charge in [0.25, 0.3) is 0 Å². The molecule has 31 heavy (non-hydrogen) atoms. The molecule has 9 heteroatoms. The van der Waals surface area contributed by atoms with Gasteiger partial charge in [0, 0.05) is 5.56 Å². The molecule has 0 aromatic heterocycles. The second-order valence-electron chi connectivity index (χ2n) is 8.21. The van der Waals surface area contributed by atoms with Gasteiger partial charge in [-0.1, -0.05) is 26.0 Å². The molecule has 1 N–H and O–H groups in total. The first kappa shape index (κ1) is 22.9. The van der Waals surface area contributed by atoms with Gasteiger partial charge in [0.05, 0.1) is 24.9 Å². The molecule has 168 valence electrons. The standard InChI is InChI=1S/C22H23F4NO4/c1-20(2,16-10-14(23)8-9-18(16)30-3)11-21(29,22(24,25)26)12-27-13-31-19(28)15-6-4-5-7-17(15)27/h4-10,29H,11-13H2,1-3H3. The molecule has 0 saturated heterocycles. The minimum atomic E-state index is -5.01. The van der Waals surface area contributed by atoms with Gasteiger partial charge in [-0.15, -0.1) is 0 Å². The number of ether oxygens (including phenoxy) is 2. The van der Waals surface area contributed by atoms with Gasteiger partial charge in [0.2, 0.25) is 0 Å². The van der Waals surface area contributed by atoms with Crippen LogP contribution in [0, 0.1) is 5.82 Å². The Balaban J connectivity index is 1.98. The van der Waals surface area contributed by atoms with Crippen LogP contribution in [0.5, 0.6) is 5.75 Å². The predicted molar refractivity (Wildman–Crippen MR) is 106 cm³/mol. The second kappa shape index (κ2) is 8.03. The fourth-order valence-corrected chi connectivity index (χ4v) is 3.93. The Bertz CT molecular complexity index is 976. The van der Waals surface area contributed by atoms with Gasteiger partial charge in [-0.25, -0.2) is 9.18 Å². The lowest BCUT2D eigenvalue weighted by Gasteiger charge is -2.42. The van der Waals surface area contributed by atoms with Crippen molar-refractivity contribution in [3.05, 3.63) is 59.4 Å². The van der Waals surface area contributed by atoms with E-state index in [4.69, 9.17) is 9.47 Å². The topological polar surface area (TPSA) is 59.0 Å². The van der Waals surface area contributed by atoms with E-state index >= 15 is 0 Å². The third kappa shape index (κ3) is 4.46. The van der Waals surface area contributed by atoms with Crippen LogP contribution in [0.1, 0.15) is 36.2 Å². The maximum Gasteiger partial charge on any atom is 0.418 e. The molecule has 0 amide bonds. The Morgan fingerprint density at radius 3 is 2.48 bits per heavy atom. The van der Waals surface area contributed by atoms with Crippen molar-refractivity contribution >= 4 is 11.7 Å². The molecule has 0 spiro atoms. The fourth-order valence-electron chi connectivity index (χ4n) is 3.93. The molecular formula is C22H23F4NO4. The first-order valence-electron chi connectivity index (χ1n) is 9.52. The average Bonchev–Trinajstić information content (AvgIpc) is 2.69. The highest BCUT2D eigenvalue weighted by Crippen LogP contribution is 2.45. The van der Waals surface area contributed by atoms with E-state index in [0.717, 1.165) is 12.1 Å². The largest absolute Gasteiger partial charge is 0.496 e. The van der Waals surface area contributed by atoms with Gasteiger partial charge < -0.3 is 19.5 Å². The number of carbonyl (C=O) groups excluding carboxylic acids is 1. The van der Waals surface area contributed by atoms with Crippen LogP contribution in [0.15, 0.2) is 42.5 Å². The Morgan fingerprint density at radius 1 is 1.16 bits per heavy atom. The smallest absolute Gasteiger partial charge is 0.418 e. The molecule has 3 rings (SSSR count). The summed E-state index contributed by atoms with van der Waals surface area (Å²) in [5, 5.41) is 10.9. The van der Waals surface area contributed by atoms with Gasteiger partial charge in [0.1, 0.15) is 11.6 Å². The Labute approximate surface area is 177 Å². The SMILES string of the molecule is COc1ccc(F)cc1C(C)(C)CC(O)(CN1COC(=O)c2ccccc21)C(F)(F)F. The number of hydrogen-bond donors (Lipinski definition) is 1. The number of cyclic esters (lactones) is 1. The Hall–Kier alpha value is -2.81. The van der Waals surface area contributed by atoms with Crippen molar-refractivity contribution in [2.45, 2.75) is 37.5 Å². The Kier molecular flexibility index (Phi) is 5.92. The maximum absolute atomic E-state index is 14.1. The molecule has 0 saturated carbocycles. The summed E-state index contributed by atoms with van der Waals surface area (Å²) in [5.74, 6) is -1.06. The Morgan fingerprint density at radius 2 is 1.84 bits per heavy atom. The average molecular weight is 441 g/mol. The number of rotatable bonds is 6. The van der Waals surface area contributed by atoms with Crippen molar-refractivity contribution < 1.29 is 36.9 Å². The van der Waals surface area contributed by atoms with Crippen LogP contribution in [0.2, 0.25) is 0 Å². The molecule has 0 bridgehead atoms. The molecule has 5 nitrogen and oxygen atoms in total. The maximum atomic E-state index is 14.1. The van der Waals surface area contributed by atoms with E-state index in [-0.39, 0.29) is 22.6 Å². The number of para-hydroxylation sites is 1. The summed E-state index contributed by atoms with van der Waals surface area (Å²) in [6.45, 7) is 1.65. The number of β-amino-alcohol motifs (C(OH)–C–C–N with tert-alkyl or cyclic N) is 1. The molecule has 1 aliphatic rings. The lowest BCUT2D eigenvalue weighted by molar-refractivity contribution is -0.263. The summed E-state index contributed by atoms with van der Waals surface area (Å²) in [6, 6.07) is 9.67. The number of hydrogen-bond acceptors (Lipinski definition) is 5. The lowest BCUT2D eigenvalue weighted by atomic mass is 9.74. The number of fused-ring (bicyclic) bond motifs is 1. The molecule has 0 radical (unpaired) electrons. The van der Waals surface area contributed by atoms with Crippen molar-refractivity contribution in [3.63, 3.8) is 0 Å². The third-order valence-corrected chi connectivity index (χ3v) is 5.42. The van der Waals surface area contributed by atoms with E-state index in [2.05, 4.69) is 0 Å². The molecule has 1 atom stereocenters. The first-order valence-corrected chi connectivity index (χ1v) is 9.52. The number of benzene rings is 2. The van der Waals surface area contributed by atoms with Crippen LogP contribution in [-0.2, 0) is 10.2 Å². The van der Waals surface area contributed by atoms with Gasteiger partial charge in [0.15, 0.2) is 12.3 Å². The van der Waals surface area contributed by atoms with Crippen LogP contribution in [0.4, 0.5) is 23.2 Å². The summed E-state index contributed by atoms with van der Waals surface area (Å²) in [5.41, 5.74) is -3.95. The van der Waals surface area contributed by atoms with Crippen LogP contribution >= 0.6 is 0 Å². The minimum Gasteiger partial charge on any atom is -0.496 e. The van der Waals surface area contributed by atoms with E-state index in [9.17, 15) is 27.5 Å². The number of anilines is 1. The molecule has 1 aliphatic heterocycles. The summed E-state index contributed by atoms with van der Waals surface area (Å²) in [7, 11) is 1.34. The molecule has 1 unspecified atom stereocenters. The van der Waals surface area contributed by atoms with Crippen molar-refractivity contribution in [1.82, 2.24) is 0 Å². The molecule has 2 aromatic rings. The highest BCUT2D eigenvalue weighted by atomic mass is 19.4. The second-order valence-corrected chi connectivity index (χ2v) is 8.21. The number of methoxy groups -OCH3 is 1. The van der Waals surface area contributed by atoms with Crippen molar-refractivity contribution in [3.8, 4) is 5.75 Å². The summed E-state index contributed by atoms with van der Waals surface area (Å²) < 4.78 is 66.4. The summed E-state index contributed by atoms with van der Waals surface area (Å²) in [6.07, 6.45) is -5.79. The number of halogens is 4. The third-order valence-electron chi connectivity index (χ3n) is 5.42. The lowest BCUT2D eigenvalue weighted by Crippen LogP contribution is -2.57. The van der Waals surface area contributed by atoms with Crippen molar-refractivity contribution in [2.75, 3.05) is 25.3 Å². The number of aliphatic hydroxyl groups is 1. The number of alkyl halides is 3. The highest BCUT2D eigenvalue weighted by Gasteiger charge is 2.57. The van der Waals surface area contributed by atoms with Crippen molar-refractivity contribution in [2.24, 2.45) is 0 Å². The zero-order valence-electron chi connectivity index (χ0n) is 17.3. The number of carbonyl (C=O) groups is 1. The van der Waals surface area contributed by atoms with Gasteiger partial charge in [-0.05, 0) is 42.2 Å².